The molecule has 156 valence electrons. The molecule has 2 aromatic carbocycles. The van der Waals surface area contributed by atoms with Crippen LogP contribution in [-0.2, 0) is 11.0 Å². The van der Waals surface area contributed by atoms with Gasteiger partial charge in [0.1, 0.15) is 0 Å². The summed E-state index contributed by atoms with van der Waals surface area (Å²) >= 11 is 0. The maximum atomic E-state index is 12.8. The van der Waals surface area contributed by atoms with Gasteiger partial charge in [0.25, 0.3) is 0 Å². The highest BCUT2D eigenvalue weighted by atomic mass is 19.4. The third kappa shape index (κ3) is 5.54. The monoisotopic (exact) mass is 414 g/mol. The third-order valence-electron chi connectivity index (χ3n) is 4.61. The number of hydrogen-bond donors (Lipinski definition) is 3. The second-order valence-electron chi connectivity index (χ2n) is 6.72. The minimum Gasteiger partial charge on any atom is -0.356 e. The summed E-state index contributed by atoms with van der Waals surface area (Å²) in [7, 11) is 1.61. The van der Waals surface area contributed by atoms with Crippen LogP contribution >= 0.6 is 0 Å². The van der Waals surface area contributed by atoms with Crippen LogP contribution in [0.2, 0.25) is 0 Å². The Morgan fingerprint density at radius 1 is 1.20 bits per heavy atom. The lowest BCUT2D eigenvalue weighted by Gasteiger charge is -2.26. The van der Waals surface area contributed by atoms with Crippen LogP contribution in [0.25, 0.3) is 0 Å². The van der Waals surface area contributed by atoms with Crippen LogP contribution in [0, 0.1) is 11.8 Å². The Bertz CT molecular complexity index is 1010. The number of benzene rings is 2. The van der Waals surface area contributed by atoms with Crippen molar-refractivity contribution in [3.05, 3.63) is 65.2 Å². The van der Waals surface area contributed by atoms with E-state index in [1.165, 1.54) is 12.1 Å². The van der Waals surface area contributed by atoms with Crippen molar-refractivity contribution < 1.29 is 18.0 Å². The van der Waals surface area contributed by atoms with Crippen molar-refractivity contribution in [1.82, 2.24) is 10.6 Å². The Kier molecular flexibility index (Phi) is 6.62. The number of hydrogen-bond acceptors (Lipinski definition) is 2. The molecule has 0 saturated carbocycles. The van der Waals surface area contributed by atoms with Gasteiger partial charge in [-0.2, -0.15) is 13.2 Å². The van der Waals surface area contributed by atoms with E-state index in [-0.39, 0.29) is 18.4 Å². The molecule has 0 spiro atoms. The number of aliphatic imine (C=N–C) groups is 1. The molecule has 0 bridgehead atoms. The van der Waals surface area contributed by atoms with E-state index < -0.39 is 11.7 Å². The first-order chi connectivity index (χ1) is 14.4. The number of carbonyl (C=O) groups excluding carboxylic acids is 1. The fourth-order valence-electron chi connectivity index (χ4n) is 3.17. The van der Waals surface area contributed by atoms with Crippen LogP contribution in [0.3, 0.4) is 0 Å². The average molecular weight is 414 g/mol. The molecule has 0 fully saturated rings. The molecule has 8 heteroatoms. The number of amides is 1. The van der Waals surface area contributed by atoms with Gasteiger partial charge in [0.2, 0.25) is 5.91 Å². The van der Waals surface area contributed by atoms with Crippen molar-refractivity contribution in [3.8, 4) is 11.8 Å². The number of fused-ring (bicyclic) bond motifs is 1. The first-order valence-electron chi connectivity index (χ1n) is 9.36. The minimum absolute atomic E-state index is 0.00434. The number of alkyl halides is 3. The molecule has 3 N–H and O–H groups in total. The predicted octanol–water partition coefficient (Wildman–Crippen LogP) is 3.35. The number of guanidine groups is 1. The Labute approximate surface area is 172 Å². The number of nitrogens with one attached hydrogen (secondary N) is 3. The summed E-state index contributed by atoms with van der Waals surface area (Å²) in [5.74, 6) is 5.97. The molecule has 1 heterocycles. The molecule has 30 heavy (non-hydrogen) atoms. The Morgan fingerprint density at radius 2 is 2.00 bits per heavy atom. The standard InChI is InChI=1S/C22H21F3N4O/c1-26-21(27-11-5-7-15-6-4-8-17(12-15)22(23,24)25)28-14-16-13-20(30)29-19-10-3-2-9-18(16)19/h2-4,6,8-10,12,16H,11,13-14H2,1H3,(H,29,30)(H2,26,27,28). The second kappa shape index (κ2) is 9.35. The minimum atomic E-state index is -4.39. The van der Waals surface area contributed by atoms with Gasteiger partial charge in [-0.15, -0.1) is 0 Å². The van der Waals surface area contributed by atoms with E-state index >= 15 is 0 Å². The SMILES string of the molecule is CN=C(NCC#Cc1cccc(C(F)(F)F)c1)NCC1CC(=O)Nc2ccccc21. The van der Waals surface area contributed by atoms with Crippen LogP contribution in [0.4, 0.5) is 18.9 Å². The summed E-state index contributed by atoms with van der Waals surface area (Å²) < 4.78 is 38.3. The van der Waals surface area contributed by atoms with Crippen LogP contribution < -0.4 is 16.0 Å². The van der Waals surface area contributed by atoms with Crippen LogP contribution in [0.1, 0.15) is 29.0 Å². The van der Waals surface area contributed by atoms with Gasteiger partial charge in [0.15, 0.2) is 5.96 Å². The van der Waals surface area contributed by atoms with Crippen LogP contribution in [0.15, 0.2) is 53.5 Å². The maximum absolute atomic E-state index is 12.8. The summed E-state index contributed by atoms with van der Waals surface area (Å²) in [5, 5.41) is 9.03. The summed E-state index contributed by atoms with van der Waals surface area (Å²) in [6.07, 6.45) is -4.02. The molecule has 1 aliphatic rings. The van der Waals surface area contributed by atoms with Crippen molar-refractivity contribution in [3.63, 3.8) is 0 Å². The fraction of sp³-hybridized carbons (Fsp3) is 0.273. The van der Waals surface area contributed by atoms with Crippen molar-refractivity contribution in [2.75, 3.05) is 25.5 Å². The molecule has 0 aromatic heterocycles. The zero-order valence-electron chi connectivity index (χ0n) is 16.3. The molecule has 3 rings (SSSR count). The average Bonchev–Trinajstić information content (AvgIpc) is 2.72. The number of rotatable bonds is 3. The van der Waals surface area contributed by atoms with E-state index in [1.54, 1.807) is 7.05 Å². The highest BCUT2D eigenvalue weighted by molar-refractivity contribution is 5.94. The Hall–Kier alpha value is -3.47. The lowest BCUT2D eigenvalue weighted by molar-refractivity contribution is -0.137. The molecule has 1 atom stereocenters. The number of carbonyl (C=O) groups is 1. The molecule has 1 aliphatic heterocycles. The third-order valence-corrected chi connectivity index (χ3v) is 4.61. The summed E-state index contributed by atoms with van der Waals surface area (Å²) in [5.41, 5.74) is 1.44. The molecule has 0 saturated heterocycles. The second-order valence-corrected chi connectivity index (χ2v) is 6.72. The van der Waals surface area contributed by atoms with Crippen molar-refractivity contribution in [2.24, 2.45) is 4.99 Å². The van der Waals surface area contributed by atoms with Gasteiger partial charge < -0.3 is 16.0 Å². The zero-order valence-corrected chi connectivity index (χ0v) is 16.3. The summed E-state index contributed by atoms with van der Waals surface area (Å²) in [6, 6.07) is 12.6. The molecule has 1 amide bonds. The van der Waals surface area contributed by atoms with Gasteiger partial charge >= 0.3 is 6.18 Å². The molecule has 1 unspecified atom stereocenters. The smallest absolute Gasteiger partial charge is 0.356 e. The van der Waals surface area contributed by atoms with Gasteiger partial charge in [-0.25, -0.2) is 0 Å². The lowest BCUT2D eigenvalue weighted by Crippen LogP contribution is -2.40. The molecular formula is C22H21F3N4O. The summed E-state index contributed by atoms with van der Waals surface area (Å²) in [6.45, 7) is 0.711. The van der Waals surface area contributed by atoms with E-state index in [1.807, 2.05) is 24.3 Å². The van der Waals surface area contributed by atoms with E-state index in [0.717, 1.165) is 23.4 Å². The van der Waals surface area contributed by atoms with E-state index in [2.05, 4.69) is 32.8 Å². The zero-order chi connectivity index (χ0) is 21.6. The molecule has 0 aliphatic carbocycles. The number of para-hydroxylation sites is 1. The lowest BCUT2D eigenvalue weighted by atomic mass is 9.90. The Morgan fingerprint density at radius 3 is 2.77 bits per heavy atom. The van der Waals surface area contributed by atoms with Gasteiger partial charge in [0, 0.05) is 37.2 Å². The maximum Gasteiger partial charge on any atom is 0.416 e. The number of nitrogens with zero attached hydrogens (tertiary/aromatic N) is 1. The highest BCUT2D eigenvalue weighted by Gasteiger charge is 2.30. The molecule has 0 radical (unpaired) electrons. The number of anilines is 1. The van der Waals surface area contributed by atoms with E-state index in [0.29, 0.717) is 24.5 Å². The topological polar surface area (TPSA) is 65.5 Å². The van der Waals surface area contributed by atoms with Crippen molar-refractivity contribution in [1.29, 1.82) is 0 Å². The van der Waals surface area contributed by atoms with Gasteiger partial charge in [0.05, 0.1) is 12.1 Å². The van der Waals surface area contributed by atoms with Crippen LogP contribution in [0.5, 0.6) is 0 Å². The van der Waals surface area contributed by atoms with Gasteiger partial charge in [-0.1, -0.05) is 36.1 Å². The Balaban J connectivity index is 1.55. The first kappa shape index (κ1) is 21.2. The number of halogens is 3. The van der Waals surface area contributed by atoms with Crippen LogP contribution in [-0.4, -0.2) is 32.0 Å². The van der Waals surface area contributed by atoms with Gasteiger partial charge in [-0.3, -0.25) is 9.79 Å². The van der Waals surface area contributed by atoms with E-state index in [4.69, 9.17) is 0 Å². The first-order valence-corrected chi connectivity index (χ1v) is 9.36. The molecular weight excluding hydrogens is 393 g/mol. The quantitative estimate of drug-likeness (QED) is 0.410. The normalized spacial score (nSPS) is 16.1. The van der Waals surface area contributed by atoms with Crippen molar-refractivity contribution >= 4 is 17.6 Å². The fourth-order valence-corrected chi connectivity index (χ4v) is 3.17. The molecule has 5 nitrogen and oxygen atoms in total. The molecule has 2 aromatic rings. The van der Waals surface area contributed by atoms with E-state index in [9.17, 15) is 18.0 Å². The predicted molar refractivity (Wildman–Crippen MR) is 110 cm³/mol. The largest absolute Gasteiger partial charge is 0.416 e. The van der Waals surface area contributed by atoms with Gasteiger partial charge in [-0.05, 0) is 29.8 Å². The highest BCUT2D eigenvalue weighted by Crippen LogP contribution is 2.31. The van der Waals surface area contributed by atoms with Crippen molar-refractivity contribution in [2.45, 2.75) is 18.5 Å². The summed E-state index contributed by atoms with van der Waals surface area (Å²) in [4.78, 5) is 16.0.